The molecular formula is C29H43N3O4. The van der Waals surface area contributed by atoms with E-state index in [2.05, 4.69) is 6.92 Å². The van der Waals surface area contributed by atoms with E-state index in [0.717, 1.165) is 50.5 Å². The smallest absolute Gasteiger partial charge is 0.255 e. The molecule has 36 heavy (non-hydrogen) atoms. The summed E-state index contributed by atoms with van der Waals surface area (Å²) in [5, 5.41) is 12.2. The van der Waals surface area contributed by atoms with Crippen molar-refractivity contribution >= 4 is 11.8 Å². The molecule has 2 heterocycles. The Bertz CT molecular complexity index is 1060. The normalized spacial score (nSPS) is 26.6. The number of carbonyl (C=O) groups excluding carboxylic acids is 2. The molecule has 0 aromatic carbocycles. The summed E-state index contributed by atoms with van der Waals surface area (Å²) < 4.78 is 1.57. The Kier molecular flexibility index (Phi) is 6.81. The molecule has 7 heteroatoms. The Hall–Kier alpha value is -2.15. The zero-order chi connectivity index (χ0) is 25.7. The second kappa shape index (κ2) is 9.62. The van der Waals surface area contributed by atoms with Crippen LogP contribution in [0.2, 0.25) is 0 Å². The van der Waals surface area contributed by atoms with Gasteiger partial charge in [0.1, 0.15) is 0 Å². The summed E-state index contributed by atoms with van der Waals surface area (Å²) in [5.74, 6) is 1.12. The molecule has 2 amide bonds. The maximum Gasteiger partial charge on any atom is 0.255 e. The van der Waals surface area contributed by atoms with Crippen LogP contribution in [0.15, 0.2) is 17.1 Å². The minimum atomic E-state index is -1.08. The predicted octanol–water partition coefficient (Wildman–Crippen LogP) is 3.78. The lowest BCUT2D eigenvalue weighted by Gasteiger charge is -2.53. The topological polar surface area (TPSA) is 82.8 Å². The van der Waals surface area contributed by atoms with Gasteiger partial charge in [0.2, 0.25) is 5.91 Å². The van der Waals surface area contributed by atoms with E-state index in [0.29, 0.717) is 31.0 Å². The lowest BCUT2D eigenvalue weighted by molar-refractivity contribution is -0.163. The summed E-state index contributed by atoms with van der Waals surface area (Å²) in [6.07, 6.45) is 12.7. The molecule has 4 aliphatic rings. The van der Waals surface area contributed by atoms with Crippen LogP contribution in [-0.4, -0.2) is 64.1 Å². The second-order valence-corrected chi connectivity index (χ2v) is 12.5. The molecule has 4 fully saturated rings. The van der Waals surface area contributed by atoms with Gasteiger partial charge in [0, 0.05) is 50.8 Å². The van der Waals surface area contributed by atoms with E-state index < -0.39 is 11.0 Å². The average molecular weight is 498 g/mol. The summed E-state index contributed by atoms with van der Waals surface area (Å²) in [6, 6.07) is 1.62. The van der Waals surface area contributed by atoms with Crippen LogP contribution in [0, 0.1) is 17.3 Å². The maximum absolute atomic E-state index is 13.4. The van der Waals surface area contributed by atoms with Crippen molar-refractivity contribution in [3.05, 3.63) is 33.7 Å². The van der Waals surface area contributed by atoms with Crippen LogP contribution in [-0.2, 0) is 11.3 Å². The summed E-state index contributed by atoms with van der Waals surface area (Å²) in [6.45, 7) is 3.32. The Morgan fingerprint density at radius 3 is 2.39 bits per heavy atom. The lowest BCUT2D eigenvalue weighted by atomic mass is 9.65. The van der Waals surface area contributed by atoms with Gasteiger partial charge in [-0.3, -0.25) is 14.4 Å². The summed E-state index contributed by atoms with van der Waals surface area (Å²) in [7, 11) is 3.46. The van der Waals surface area contributed by atoms with E-state index in [1.807, 2.05) is 4.90 Å². The Morgan fingerprint density at radius 1 is 1.11 bits per heavy atom. The highest BCUT2D eigenvalue weighted by Gasteiger charge is 2.56. The monoisotopic (exact) mass is 497 g/mol. The minimum Gasteiger partial charge on any atom is -0.387 e. The third kappa shape index (κ3) is 4.64. The Morgan fingerprint density at radius 2 is 1.81 bits per heavy atom. The number of pyridine rings is 1. The average Bonchev–Trinajstić information content (AvgIpc) is 3.56. The van der Waals surface area contributed by atoms with Crippen molar-refractivity contribution in [1.29, 1.82) is 0 Å². The van der Waals surface area contributed by atoms with Gasteiger partial charge < -0.3 is 19.5 Å². The van der Waals surface area contributed by atoms with Gasteiger partial charge in [0.15, 0.2) is 0 Å². The van der Waals surface area contributed by atoms with Crippen molar-refractivity contribution in [2.24, 2.45) is 17.3 Å². The third-order valence-corrected chi connectivity index (χ3v) is 9.73. The van der Waals surface area contributed by atoms with Crippen LogP contribution in [0.1, 0.15) is 99.4 Å². The lowest BCUT2D eigenvalue weighted by Crippen LogP contribution is -2.62. The van der Waals surface area contributed by atoms with Crippen LogP contribution >= 0.6 is 0 Å². The molecule has 198 valence electrons. The third-order valence-electron chi connectivity index (χ3n) is 9.73. The maximum atomic E-state index is 13.4. The van der Waals surface area contributed by atoms with E-state index >= 15 is 0 Å². The fourth-order valence-corrected chi connectivity index (χ4v) is 7.07. The van der Waals surface area contributed by atoms with E-state index in [1.54, 1.807) is 35.8 Å². The number of hydrogen-bond donors (Lipinski definition) is 1. The molecule has 1 aromatic heterocycles. The molecule has 2 atom stereocenters. The molecule has 1 spiro atoms. The summed E-state index contributed by atoms with van der Waals surface area (Å²) >= 11 is 0. The fourth-order valence-electron chi connectivity index (χ4n) is 7.07. The van der Waals surface area contributed by atoms with Gasteiger partial charge in [-0.05, 0) is 55.9 Å². The molecule has 0 unspecified atom stereocenters. The first-order chi connectivity index (χ1) is 17.1. The highest BCUT2D eigenvalue weighted by Crippen LogP contribution is 2.52. The highest BCUT2D eigenvalue weighted by molar-refractivity contribution is 5.95. The molecule has 7 nitrogen and oxygen atoms in total. The van der Waals surface area contributed by atoms with Gasteiger partial charge in [-0.25, -0.2) is 0 Å². The molecule has 3 aliphatic carbocycles. The molecule has 0 bridgehead atoms. The van der Waals surface area contributed by atoms with Crippen molar-refractivity contribution in [3.63, 3.8) is 0 Å². The minimum absolute atomic E-state index is 0.0251. The molecular weight excluding hydrogens is 454 g/mol. The van der Waals surface area contributed by atoms with E-state index in [4.69, 9.17) is 0 Å². The molecule has 1 saturated heterocycles. The molecule has 1 aliphatic heterocycles. The quantitative estimate of drug-likeness (QED) is 0.622. The van der Waals surface area contributed by atoms with Gasteiger partial charge in [0.05, 0.1) is 17.7 Å². The number of likely N-dealkylation sites (tertiary alicyclic amines) is 1. The number of piperidine rings is 1. The number of amides is 2. The van der Waals surface area contributed by atoms with Crippen molar-refractivity contribution in [2.75, 3.05) is 27.2 Å². The van der Waals surface area contributed by atoms with Crippen LogP contribution in [0.5, 0.6) is 0 Å². The van der Waals surface area contributed by atoms with Crippen molar-refractivity contribution < 1.29 is 14.7 Å². The zero-order valence-corrected chi connectivity index (χ0v) is 22.3. The summed E-state index contributed by atoms with van der Waals surface area (Å²) in [5.41, 5.74) is -0.221. The SMILES string of the molecule is C[C@H](CC1CCC1)C(=O)N1CC[C@](O)(Cn2cc(C(=O)N(C)C)c(C3CC3)cc2=O)C2(CCCC2)C1. The van der Waals surface area contributed by atoms with Gasteiger partial charge in [-0.15, -0.1) is 0 Å². The fraction of sp³-hybridized carbons (Fsp3) is 0.759. The van der Waals surface area contributed by atoms with Crippen LogP contribution in [0.3, 0.4) is 0 Å². The first-order valence-corrected chi connectivity index (χ1v) is 14.1. The first-order valence-electron chi connectivity index (χ1n) is 14.1. The number of nitrogens with zero attached hydrogens (tertiary/aromatic N) is 3. The standard InChI is InChI=1S/C29H43N3O4/c1-20(15-21-7-6-8-21)26(34)31-14-13-29(36,28(18-31)11-4-5-12-28)19-32-17-24(27(35)30(2)3)23(16-25(32)33)22-9-10-22/h16-17,20-22,36H,4-15,18-19H2,1-3H3/t20-,29+/m1/s1. The van der Waals surface area contributed by atoms with Crippen LogP contribution in [0.4, 0.5) is 0 Å². The van der Waals surface area contributed by atoms with Crippen molar-refractivity contribution in [3.8, 4) is 0 Å². The Labute approximate surface area is 214 Å². The van der Waals surface area contributed by atoms with Crippen LogP contribution in [0.25, 0.3) is 0 Å². The second-order valence-electron chi connectivity index (χ2n) is 12.5. The number of aromatic nitrogens is 1. The predicted molar refractivity (Wildman–Crippen MR) is 139 cm³/mol. The number of rotatable bonds is 7. The first kappa shape index (κ1) is 25.5. The van der Waals surface area contributed by atoms with Gasteiger partial charge >= 0.3 is 0 Å². The van der Waals surface area contributed by atoms with Gasteiger partial charge in [-0.2, -0.15) is 0 Å². The van der Waals surface area contributed by atoms with E-state index in [1.165, 1.54) is 19.3 Å². The number of aliphatic hydroxyl groups is 1. The highest BCUT2D eigenvalue weighted by atomic mass is 16.3. The molecule has 1 N–H and O–H groups in total. The van der Waals surface area contributed by atoms with Gasteiger partial charge in [0.25, 0.3) is 11.5 Å². The summed E-state index contributed by atoms with van der Waals surface area (Å²) in [4.78, 5) is 43.1. The number of carbonyl (C=O) groups is 2. The zero-order valence-electron chi connectivity index (χ0n) is 22.3. The largest absolute Gasteiger partial charge is 0.387 e. The van der Waals surface area contributed by atoms with Gasteiger partial charge in [-0.1, -0.05) is 39.0 Å². The molecule has 0 radical (unpaired) electrons. The van der Waals surface area contributed by atoms with Crippen molar-refractivity contribution in [2.45, 2.75) is 95.6 Å². The Balaban J connectivity index is 1.39. The number of hydrogen-bond acceptors (Lipinski definition) is 4. The molecule has 3 saturated carbocycles. The molecule has 1 aromatic rings. The van der Waals surface area contributed by atoms with Crippen LogP contribution < -0.4 is 5.56 Å². The van der Waals surface area contributed by atoms with E-state index in [9.17, 15) is 19.5 Å². The van der Waals surface area contributed by atoms with Crippen molar-refractivity contribution in [1.82, 2.24) is 14.4 Å². The molecule has 5 rings (SSSR count). The van der Waals surface area contributed by atoms with E-state index in [-0.39, 0.29) is 35.8 Å².